The number of aliphatic imine (C=N–C) groups is 1. The van der Waals surface area contributed by atoms with Crippen molar-refractivity contribution in [2.24, 2.45) is 4.99 Å². The number of rotatable bonds is 8. The molecule has 7 nitrogen and oxygen atoms in total. The van der Waals surface area contributed by atoms with Gasteiger partial charge in [-0.15, -0.1) is 24.0 Å². The van der Waals surface area contributed by atoms with E-state index in [4.69, 9.17) is 0 Å². The van der Waals surface area contributed by atoms with Crippen molar-refractivity contribution < 1.29 is 13.2 Å². The fraction of sp³-hybridized carbons (Fsp3) is 0.500. The smallest absolute Gasteiger partial charge is 0.226 e. The predicted octanol–water partition coefficient (Wildman–Crippen LogP) is 2.38. The van der Waals surface area contributed by atoms with Crippen molar-refractivity contribution in [2.75, 3.05) is 30.9 Å². The van der Waals surface area contributed by atoms with E-state index < -0.39 is 9.84 Å². The van der Waals surface area contributed by atoms with Crippen molar-refractivity contribution in [1.82, 2.24) is 10.6 Å². The first-order valence-corrected chi connectivity index (χ1v) is 10.8. The maximum atomic E-state index is 11.9. The fourth-order valence-corrected chi connectivity index (χ4v) is 2.99. The van der Waals surface area contributed by atoms with Crippen LogP contribution in [0.1, 0.15) is 19.8 Å². The molecule has 10 heteroatoms. The third-order valence-corrected chi connectivity index (χ3v) is 4.81. The first kappa shape index (κ1) is 25.1. The van der Waals surface area contributed by atoms with Crippen LogP contribution in [0.2, 0.25) is 0 Å². The zero-order valence-electron chi connectivity index (χ0n) is 15.1. The van der Waals surface area contributed by atoms with Gasteiger partial charge in [0.2, 0.25) is 5.91 Å². The van der Waals surface area contributed by atoms with E-state index >= 15 is 0 Å². The predicted molar refractivity (Wildman–Crippen MR) is 121 cm³/mol. The minimum atomic E-state index is -2.98. The minimum absolute atomic E-state index is 0. The number of halogens is 2. The largest absolute Gasteiger partial charge is 0.356 e. The Hall–Kier alpha value is -0.880. The minimum Gasteiger partial charge on any atom is -0.356 e. The molecular formula is C16H26BrIN4O3S. The summed E-state index contributed by atoms with van der Waals surface area (Å²) in [6.07, 6.45) is 1.99. The van der Waals surface area contributed by atoms with Crippen LogP contribution in [0.15, 0.2) is 33.7 Å². The van der Waals surface area contributed by atoms with Gasteiger partial charge in [-0.3, -0.25) is 9.79 Å². The summed E-state index contributed by atoms with van der Waals surface area (Å²) in [7, 11) is -1.35. The maximum Gasteiger partial charge on any atom is 0.226 e. The van der Waals surface area contributed by atoms with Crippen LogP contribution in [-0.4, -0.2) is 51.9 Å². The highest BCUT2D eigenvalue weighted by molar-refractivity contribution is 14.0. The summed E-state index contributed by atoms with van der Waals surface area (Å²) in [5, 5.41) is 8.96. The zero-order valence-corrected chi connectivity index (χ0v) is 19.8. The number of amides is 1. The topological polar surface area (TPSA) is 99.7 Å². The van der Waals surface area contributed by atoms with Gasteiger partial charge in [0, 0.05) is 42.5 Å². The number of benzene rings is 1. The quantitative estimate of drug-likeness (QED) is 0.257. The Bertz CT molecular complexity index is 696. The second kappa shape index (κ2) is 12.5. The molecule has 1 aromatic rings. The Labute approximate surface area is 180 Å². The fourth-order valence-electron chi connectivity index (χ4n) is 1.94. The highest BCUT2D eigenvalue weighted by atomic mass is 127. The van der Waals surface area contributed by atoms with Gasteiger partial charge in [0.1, 0.15) is 9.84 Å². The van der Waals surface area contributed by atoms with Crippen LogP contribution in [0.4, 0.5) is 5.69 Å². The van der Waals surface area contributed by atoms with E-state index in [1.54, 1.807) is 7.05 Å². The highest BCUT2D eigenvalue weighted by Gasteiger charge is 2.10. The lowest BCUT2D eigenvalue weighted by Crippen LogP contribution is -2.43. The Morgan fingerprint density at radius 3 is 2.42 bits per heavy atom. The van der Waals surface area contributed by atoms with Crippen molar-refractivity contribution in [3.8, 4) is 0 Å². The van der Waals surface area contributed by atoms with Crippen molar-refractivity contribution >= 4 is 67.3 Å². The van der Waals surface area contributed by atoms with E-state index in [2.05, 4.69) is 36.9 Å². The molecule has 0 aliphatic rings. The Kier molecular flexibility index (Phi) is 12.1. The van der Waals surface area contributed by atoms with Gasteiger partial charge in [-0.05, 0) is 37.6 Å². The van der Waals surface area contributed by atoms with Crippen molar-refractivity contribution in [3.63, 3.8) is 0 Å². The first-order chi connectivity index (χ1) is 11.7. The molecule has 26 heavy (non-hydrogen) atoms. The van der Waals surface area contributed by atoms with E-state index in [-0.39, 0.29) is 48.1 Å². The highest BCUT2D eigenvalue weighted by Crippen LogP contribution is 2.14. The zero-order chi connectivity index (χ0) is 18.9. The van der Waals surface area contributed by atoms with E-state index in [1.165, 1.54) is 6.26 Å². The molecule has 0 fully saturated rings. The molecule has 1 rings (SSSR count). The van der Waals surface area contributed by atoms with E-state index in [0.29, 0.717) is 18.9 Å². The Morgan fingerprint density at radius 2 is 1.88 bits per heavy atom. The molecule has 1 amide bonds. The van der Waals surface area contributed by atoms with E-state index in [0.717, 1.165) is 10.2 Å². The summed E-state index contributed by atoms with van der Waals surface area (Å²) >= 11 is 3.34. The summed E-state index contributed by atoms with van der Waals surface area (Å²) in [4.78, 5) is 16.0. The Balaban J connectivity index is 0.00000625. The molecule has 0 aromatic heterocycles. The SMILES string of the molecule is CN=C(NCCC(=O)Nc1ccc(Br)cc1)NC(C)CCS(C)(=O)=O.I. The molecular weight excluding hydrogens is 535 g/mol. The lowest BCUT2D eigenvalue weighted by Gasteiger charge is -2.17. The molecule has 0 saturated carbocycles. The summed E-state index contributed by atoms with van der Waals surface area (Å²) in [5.41, 5.74) is 0.741. The Morgan fingerprint density at radius 1 is 1.27 bits per heavy atom. The standard InChI is InChI=1S/C16H25BrN4O3S.HI/c1-12(9-11-25(3,23)24)20-16(18-2)19-10-8-15(22)21-14-6-4-13(17)5-7-14;/h4-7,12H,8-11H2,1-3H3,(H,21,22)(H2,18,19,20);1H. The molecule has 1 aromatic carbocycles. The second-order valence-corrected chi connectivity index (χ2v) is 8.94. The average Bonchev–Trinajstić information content (AvgIpc) is 2.53. The van der Waals surface area contributed by atoms with Crippen LogP contribution >= 0.6 is 39.9 Å². The van der Waals surface area contributed by atoms with Crippen molar-refractivity contribution in [2.45, 2.75) is 25.8 Å². The van der Waals surface area contributed by atoms with Crippen LogP contribution < -0.4 is 16.0 Å². The van der Waals surface area contributed by atoms with Gasteiger partial charge >= 0.3 is 0 Å². The second-order valence-electron chi connectivity index (χ2n) is 5.77. The number of nitrogens with one attached hydrogen (secondary N) is 3. The molecule has 0 spiro atoms. The van der Waals surface area contributed by atoms with Crippen LogP contribution in [0.25, 0.3) is 0 Å². The van der Waals surface area contributed by atoms with E-state index in [1.807, 2.05) is 31.2 Å². The molecule has 0 radical (unpaired) electrons. The molecule has 3 N–H and O–H groups in total. The summed E-state index contributed by atoms with van der Waals surface area (Å²) in [5.74, 6) is 0.557. The molecule has 1 unspecified atom stereocenters. The van der Waals surface area contributed by atoms with Crippen LogP contribution in [0.5, 0.6) is 0 Å². The molecule has 148 valence electrons. The molecule has 0 saturated heterocycles. The third-order valence-electron chi connectivity index (χ3n) is 3.30. The summed E-state index contributed by atoms with van der Waals surface area (Å²) < 4.78 is 23.3. The van der Waals surface area contributed by atoms with Gasteiger partial charge in [0.15, 0.2) is 5.96 Å². The summed E-state index contributed by atoms with van der Waals surface area (Å²) in [6.45, 7) is 2.30. The number of carbonyl (C=O) groups excluding carboxylic acids is 1. The maximum absolute atomic E-state index is 11.9. The number of carbonyl (C=O) groups is 1. The van der Waals surface area contributed by atoms with E-state index in [9.17, 15) is 13.2 Å². The van der Waals surface area contributed by atoms with Gasteiger partial charge in [0.05, 0.1) is 5.75 Å². The summed E-state index contributed by atoms with van der Waals surface area (Å²) in [6, 6.07) is 7.31. The van der Waals surface area contributed by atoms with Gasteiger partial charge in [-0.25, -0.2) is 8.42 Å². The van der Waals surface area contributed by atoms with Gasteiger partial charge in [0.25, 0.3) is 0 Å². The van der Waals surface area contributed by atoms with Crippen LogP contribution in [0, 0.1) is 0 Å². The van der Waals surface area contributed by atoms with Crippen LogP contribution in [0.3, 0.4) is 0 Å². The number of sulfone groups is 1. The normalized spacial score (nSPS) is 12.7. The number of anilines is 1. The van der Waals surface area contributed by atoms with Crippen LogP contribution in [-0.2, 0) is 14.6 Å². The lowest BCUT2D eigenvalue weighted by atomic mass is 10.2. The lowest BCUT2D eigenvalue weighted by molar-refractivity contribution is -0.116. The average molecular weight is 561 g/mol. The van der Waals surface area contributed by atoms with Gasteiger partial charge < -0.3 is 16.0 Å². The number of hydrogen-bond donors (Lipinski definition) is 3. The molecule has 0 heterocycles. The van der Waals surface area contributed by atoms with Crippen molar-refractivity contribution in [1.29, 1.82) is 0 Å². The van der Waals surface area contributed by atoms with Gasteiger partial charge in [-0.1, -0.05) is 15.9 Å². The first-order valence-electron chi connectivity index (χ1n) is 7.90. The molecule has 0 bridgehead atoms. The third kappa shape index (κ3) is 11.7. The number of hydrogen-bond acceptors (Lipinski definition) is 4. The number of guanidine groups is 1. The molecule has 0 aliphatic heterocycles. The number of nitrogens with zero attached hydrogens (tertiary/aromatic N) is 1. The molecule has 0 aliphatic carbocycles. The molecule has 1 atom stereocenters. The van der Waals surface area contributed by atoms with Gasteiger partial charge in [-0.2, -0.15) is 0 Å². The van der Waals surface area contributed by atoms with Crippen molar-refractivity contribution in [3.05, 3.63) is 28.7 Å². The monoisotopic (exact) mass is 560 g/mol.